The van der Waals surface area contributed by atoms with E-state index >= 15 is 0 Å². The third-order valence-corrected chi connectivity index (χ3v) is 2.67. The predicted molar refractivity (Wildman–Crippen MR) is 75.6 cm³/mol. The average Bonchev–Trinajstić information content (AvgIpc) is 2.78. The zero-order valence-electron chi connectivity index (χ0n) is 11.4. The van der Waals surface area contributed by atoms with E-state index in [-0.39, 0.29) is 35.3 Å². The molecule has 2 aromatic rings. The quantitative estimate of drug-likeness (QED) is 0.688. The van der Waals surface area contributed by atoms with Crippen LogP contribution in [0.3, 0.4) is 0 Å². The summed E-state index contributed by atoms with van der Waals surface area (Å²) in [6.45, 7) is 3.68. The van der Waals surface area contributed by atoms with Crippen molar-refractivity contribution in [3.63, 3.8) is 0 Å². The van der Waals surface area contributed by atoms with Crippen molar-refractivity contribution in [1.82, 2.24) is 4.98 Å². The number of rotatable bonds is 4. The maximum absolute atomic E-state index is 11.9. The number of hydrogen-bond donors (Lipinski definition) is 1. The molecule has 0 saturated carbocycles. The van der Waals surface area contributed by atoms with Gasteiger partial charge in [-0.3, -0.25) is 5.32 Å². The summed E-state index contributed by atoms with van der Waals surface area (Å²) >= 11 is 5.83. The zero-order valence-corrected chi connectivity index (χ0v) is 12.2. The smallest absolute Gasteiger partial charge is 0.411 e. The number of anilines is 1. The summed E-state index contributed by atoms with van der Waals surface area (Å²) in [5, 5.41) is 2.62. The summed E-state index contributed by atoms with van der Waals surface area (Å²) < 4.78 is 15.1. The molecule has 1 N–H and O–H groups in total. The van der Waals surface area contributed by atoms with Crippen LogP contribution in [0.2, 0.25) is 5.15 Å². The minimum Gasteiger partial charge on any atom is -0.460 e. The molecule has 0 saturated heterocycles. The van der Waals surface area contributed by atoms with Crippen LogP contribution in [0, 0.1) is 0 Å². The Morgan fingerprint density at radius 3 is 2.67 bits per heavy atom. The van der Waals surface area contributed by atoms with Crippen LogP contribution in [0.15, 0.2) is 16.5 Å². The summed E-state index contributed by atoms with van der Waals surface area (Å²) in [6.07, 6.45) is -0.729. The summed E-state index contributed by atoms with van der Waals surface area (Å²) in [5.74, 6) is -0.868. The lowest BCUT2D eigenvalue weighted by Gasteiger charge is -2.05. The molecule has 0 fully saturated rings. The minimum absolute atomic E-state index is 0.0735. The fraction of sp³-hybridized carbons (Fsp3) is 0.308. The van der Waals surface area contributed by atoms with Crippen LogP contribution in [0.5, 0.6) is 0 Å². The Morgan fingerprint density at radius 1 is 1.29 bits per heavy atom. The van der Waals surface area contributed by atoms with Crippen LogP contribution in [-0.4, -0.2) is 30.3 Å². The highest BCUT2D eigenvalue weighted by Crippen LogP contribution is 2.31. The zero-order chi connectivity index (χ0) is 15.4. The predicted octanol–water partition coefficient (Wildman–Crippen LogP) is 3.23. The Morgan fingerprint density at radius 2 is 2.00 bits per heavy atom. The topological polar surface area (TPSA) is 90.7 Å². The lowest BCUT2D eigenvalue weighted by molar-refractivity contribution is 0.0494. The molecule has 7 nitrogen and oxygen atoms in total. The third-order valence-electron chi connectivity index (χ3n) is 2.46. The number of ether oxygens (including phenoxy) is 2. The molecule has 1 amide bonds. The summed E-state index contributed by atoms with van der Waals surface area (Å²) in [4.78, 5) is 27.5. The Kier molecular flexibility index (Phi) is 4.64. The number of furan rings is 1. The Balaban J connectivity index is 2.50. The number of amides is 1. The molecule has 0 aromatic carbocycles. The maximum atomic E-state index is 11.9. The maximum Gasteiger partial charge on any atom is 0.411 e. The number of halogens is 1. The van der Waals surface area contributed by atoms with Gasteiger partial charge in [-0.15, -0.1) is 0 Å². The molecule has 0 spiro atoms. The highest BCUT2D eigenvalue weighted by molar-refractivity contribution is 6.30. The first-order valence-corrected chi connectivity index (χ1v) is 6.64. The van der Waals surface area contributed by atoms with Crippen LogP contribution < -0.4 is 5.32 Å². The second-order valence-electron chi connectivity index (χ2n) is 3.85. The summed E-state index contributed by atoms with van der Waals surface area (Å²) in [7, 11) is 0. The lowest BCUT2D eigenvalue weighted by Crippen LogP contribution is -2.16. The fourth-order valence-corrected chi connectivity index (χ4v) is 1.83. The van der Waals surface area contributed by atoms with Crippen LogP contribution >= 0.6 is 11.6 Å². The number of fused-ring (bicyclic) bond motifs is 1. The Bertz CT molecular complexity index is 682. The van der Waals surface area contributed by atoms with Crippen molar-refractivity contribution in [2.24, 2.45) is 0 Å². The first-order chi connectivity index (χ1) is 10.1. The second-order valence-corrected chi connectivity index (χ2v) is 4.24. The number of esters is 1. The standard InChI is InChI=1S/C13H13ClN2O5/c1-3-19-12(17)11-10(16-13(18)20-4-2)9-7(21-11)5-6-8(14)15-9/h5-6H,3-4H2,1-2H3,(H,16,18). The van der Waals surface area contributed by atoms with E-state index in [1.54, 1.807) is 19.9 Å². The number of carbonyl (C=O) groups is 2. The van der Waals surface area contributed by atoms with Gasteiger partial charge in [0.05, 0.1) is 13.2 Å². The van der Waals surface area contributed by atoms with Gasteiger partial charge in [0.1, 0.15) is 16.4 Å². The van der Waals surface area contributed by atoms with Gasteiger partial charge in [-0.25, -0.2) is 14.6 Å². The van der Waals surface area contributed by atoms with E-state index in [0.717, 1.165) is 0 Å². The molecule has 2 aromatic heterocycles. The van der Waals surface area contributed by atoms with Gasteiger partial charge in [-0.1, -0.05) is 11.6 Å². The average molecular weight is 313 g/mol. The molecule has 21 heavy (non-hydrogen) atoms. The molecule has 0 atom stereocenters. The fourth-order valence-electron chi connectivity index (χ4n) is 1.68. The van der Waals surface area contributed by atoms with Crippen molar-refractivity contribution < 1.29 is 23.5 Å². The van der Waals surface area contributed by atoms with E-state index in [4.69, 9.17) is 25.5 Å². The van der Waals surface area contributed by atoms with Gasteiger partial charge >= 0.3 is 12.1 Å². The van der Waals surface area contributed by atoms with Crippen LogP contribution in [0.1, 0.15) is 24.4 Å². The van der Waals surface area contributed by atoms with Crippen molar-refractivity contribution in [2.75, 3.05) is 18.5 Å². The molecule has 112 valence electrons. The molecule has 0 aliphatic carbocycles. The molecular weight excluding hydrogens is 300 g/mol. The normalized spacial score (nSPS) is 10.4. The number of hydrogen-bond acceptors (Lipinski definition) is 6. The van der Waals surface area contributed by atoms with Crippen molar-refractivity contribution in [3.05, 3.63) is 23.0 Å². The highest BCUT2D eigenvalue weighted by atomic mass is 35.5. The van der Waals surface area contributed by atoms with Gasteiger partial charge < -0.3 is 13.9 Å². The van der Waals surface area contributed by atoms with Gasteiger partial charge in [0.25, 0.3) is 0 Å². The molecule has 8 heteroatoms. The molecule has 0 unspecified atom stereocenters. The number of nitrogens with one attached hydrogen (secondary N) is 1. The van der Waals surface area contributed by atoms with Gasteiger partial charge in [0.2, 0.25) is 5.76 Å². The van der Waals surface area contributed by atoms with Gasteiger partial charge in [-0.05, 0) is 26.0 Å². The molecule has 2 heterocycles. The Hall–Kier alpha value is -2.28. The van der Waals surface area contributed by atoms with Gasteiger partial charge in [0, 0.05) is 0 Å². The van der Waals surface area contributed by atoms with E-state index in [9.17, 15) is 9.59 Å². The summed E-state index contributed by atoms with van der Waals surface area (Å²) in [6, 6.07) is 3.06. The first kappa shape index (κ1) is 15.1. The van der Waals surface area contributed by atoms with Crippen LogP contribution in [0.25, 0.3) is 11.1 Å². The van der Waals surface area contributed by atoms with Gasteiger partial charge in [-0.2, -0.15) is 0 Å². The number of pyridine rings is 1. The molecule has 0 aliphatic heterocycles. The second kappa shape index (κ2) is 6.45. The van der Waals surface area contributed by atoms with Crippen LogP contribution in [-0.2, 0) is 9.47 Å². The minimum atomic E-state index is -0.729. The Labute approximate surface area is 125 Å². The van der Waals surface area contributed by atoms with Gasteiger partial charge in [0.15, 0.2) is 5.58 Å². The van der Waals surface area contributed by atoms with Crippen molar-refractivity contribution in [3.8, 4) is 0 Å². The first-order valence-electron chi connectivity index (χ1n) is 6.26. The largest absolute Gasteiger partial charge is 0.460 e. The SMILES string of the molecule is CCOC(=O)Nc1c(C(=O)OCC)oc2ccc(Cl)nc12. The lowest BCUT2D eigenvalue weighted by atomic mass is 10.3. The monoisotopic (exact) mass is 312 g/mol. The number of carbonyl (C=O) groups excluding carboxylic acids is 2. The number of nitrogens with zero attached hydrogens (tertiary/aromatic N) is 1. The molecule has 0 aliphatic rings. The van der Waals surface area contributed by atoms with E-state index in [1.807, 2.05) is 0 Å². The van der Waals surface area contributed by atoms with Crippen LogP contribution in [0.4, 0.5) is 10.5 Å². The highest BCUT2D eigenvalue weighted by Gasteiger charge is 2.25. The van der Waals surface area contributed by atoms with E-state index in [2.05, 4.69) is 10.3 Å². The molecular formula is C13H13ClN2O5. The number of aromatic nitrogens is 1. The summed E-state index contributed by atoms with van der Waals surface area (Å²) in [5.41, 5.74) is 0.622. The third kappa shape index (κ3) is 3.25. The molecule has 0 radical (unpaired) electrons. The van der Waals surface area contributed by atoms with Crippen molar-refractivity contribution in [2.45, 2.75) is 13.8 Å². The van der Waals surface area contributed by atoms with E-state index < -0.39 is 12.1 Å². The van der Waals surface area contributed by atoms with Crippen molar-refractivity contribution in [1.29, 1.82) is 0 Å². The molecule has 0 bridgehead atoms. The van der Waals surface area contributed by atoms with E-state index in [0.29, 0.717) is 5.58 Å². The van der Waals surface area contributed by atoms with E-state index in [1.165, 1.54) is 6.07 Å². The molecule has 2 rings (SSSR count). The van der Waals surface area contributed by atoms with Crippen molar-refractivity contribution >= 4 is 40.5 Å².